The fraction of sp³-hybridized carbons (Fsp3) is 1.00. The highest BCUT2D eigenvalue weighted by molar-refractivity contribution is 6.17. The number of rotatable bonds is 10. The molecule has 4 heteroatoms. The van der Waals surface area contributed by atoms with Crippen LogP contribution >= 0.6 is 11.6 Å². The van der Waals surface area contributed by atoms with E-state index in [9.17, 15) is 0 Å². The minimum atomic E-state index is 0.272. The topological polar surface area (TPSA) is 30.5 Å². The number of nitrogens with one attached hydrogen (secondary N) is 1. The van der Waals surface area contributed by atoms with E-state index in [1.807, 2.05) is 0 Å². The molecule has 0 amide bonds. The summed E-state index contributed by atoms with van der Waals surface area (Å²) >= 11 is 5.72. The number of alkyl halides is 1. The maximum Gasteiger partial charge on any atom is 0.0700 e. The van der Waals surface area contributed by atoms with Gasteiger partial charge in [0, 0.05) is 26.1 Å². The first kappa shape index (κ1) is 15.2. The Labute approximate surface area is 98.5 Å². The Hall–Kier alpha value is 0.170. The van der Waals surface area contributed by atoms with Crippen LogP contribution in [0.4, 0.5) is 0 Å². The lowest BCUT2D eigenvalue weighted by Gasteiger charge is -2.23. The lowest BCUT2D eigenvalue weighted by atomic mass is 9.90. The molecule has 0 aromatic heterocycles. The molecule has 0 aliphatic rings. The van der Waals surface area contributed by atoms with Crippen LogP contribution < -0.4 is 5.32 Å². The van der Waals surface area contributed by atoms with E-state index in [4.69, 9.17) is 21.1 Å². The van der Waals surface area contributed by atoms with E-state index >= 15 is 0 Å². The second kappa shape index (κ2) is 9.40. The van der Waals surface area contributed by atoms with Crippen LogP contribution in [0.2, 0.25) is 0 Å². The highest BCUT2D eigenvalue weighted by Crippen LogP contribution is 2.19. The lowest BCUT2D eigenvalue weighted by molar-refractivity contribution is 0.0711. The number of hydrogen-bond acceptors (Lipinski definition) is 3. The van der Waals surface area contributed by atoms with Crippen molar-refractivity contribution in [1.29, 1.82) is 0 Å². The summed E-state index contributed by atoms with van der Waals surface area (Å²) in [6.45, 7) is 8.37. The van der Waals surface area contributed by atoms with Crippen LogP contribution in [-0.2, 0) is 9.47 Å². The molecule has 0 aliphatic carbocycles. The summed E-state index contributed by atoms with van der Waals surface area (Å²) in [7, 11) is 1.68. The molecule has 0 rings (SSSR count). The normalized spacial score (nSPS) is 12.0. The zero-order chi connectivity index (χ0) is 11.6. The second-order valence-electron chi connectivity index (χ2n) is 4.39. The van der Waals surface area contributed by atoms with Gasteiger partial charge in [0.15, 0.2) is 0 Å². The molecule has 1 N–H and O–H groups in total. The van der Waals surface area contributed by atoms with E-state index in [1.165, 1.54) is 0 Å². The van der Waals surface area contributed by atoms with Crippen LogP contribution in [0, 0.1) is 5.41 Å². The Morgan fingerprint density at radius 2 is 1.93 bits per heavy atom. The van der Waals surface area contributed by atoms with Crippen LogP contribution in [0.15, 0.2) is 0 Å². The van der Waals surface area contributed by atoms with E-state index in [2.05, 4.69) is 19.2 Å². The molecule has 0 saturated heterocycles. The number of halogens is 1. The van der Waals surface area contributed by atoms with Crippen molar-refractivity contribution in [1.82, 2.24) is 5.32 Å². The van der Waals surface area contributed by atoms with Gasteiger partial charge in [0.1, 0.15) is 0 Å². The molecule has 0 spiro atoms. The van der Waals surface area contributed by atoms with Crippen molar-refractivity contribution in [2.75, 3.05) is 45.9 Å². The SMILES string of the molecule is COCCOCCNCC(C)(C)CCCl. The summed E-state index contributed by atoms with van der Waals surface area (Å²) < 4.78 is 10.2. The van der Waals surface area contributed by atoms with Crippen LogP contribution in [-0.4, -0.2) is 45.9 Å². The Bertz CT molecular complexity index is 143. The van der Waals surface area contributed by atoms with Gasteiger partial charge in [-0.1, -0.05) is 13.8 Å². The summed E-state index contributed by atoms with van der Waals surface area (Å²) in [5.74, 6) is 0.721. The first-order valence-electron chi connectivity index (χ1n) is 5.46. The minimum absolute atomic E-state index is 0.272. The molecule has 0 radical (unpaired) electrons. The largest absolute Gasteiger partial charge is 0.382 e. The van der Waals surface area contributed by atoms with Crippen molar-refractivity contribution in [2.45, 2.75) is 20.3 Å². The predicted molar refractivity (Wildman–Crippen MR) is 64.7 cm³/mol. The van der Waals surface area contributed by atoms with Crippen LogP contribution in [0.1, 0.15) is 20.3 Å². The summed E-state index contributed by atoms with van der Waals surface area (Å²) in [6, 6.07) is 0. The zero-order valence-corrected chi connectivity index (χ0v) is 10.9. The van der Waals surface area contributed by atoms with Crippen molar-refractivity contribution in [2.24, 2.45) is 5.41 Å². The molecule has 0 fully saturated rings. The average Bonchev–Trinajstić information content (AvgIpc) is 2.16. The van der Waals surface area contributed by atoms with Crippen molar-refractivity contribution < 1.29 is 9.47 Å². The smallest absolute Gasteiger partial charge is 0.0700 e. The Morgan fingerprint density at radius 1 is 1.20 bits per heavy atom. The summed E-state index contributed by atoms with van der Waals surface area (Å²) in [5, 5.41) is 3.36. The molecule has 0 aromatic rings. The van der Waals surface area contributed by atoms with Crippen molar-refractivity contribution in [3.05, 3.63) is 0 Å². The van der Waals surface area contributed by atoms with Gasteiger partial charge in [-0.15, -0.1) is 11.6 Å². The van der Waals surface area contributed by atoms with Crippen molar-refractivity contribution in [3.8, 4) is 0 Å². The Morgan fingerprint density at radius 3 is 2.53 bits per heavy atom. The molecule has 3 nitrogen and oxygen atoms in total. The molecule has 0 unspecified atom stereocenters. The van der Waals surface area contributed by atoms with Crippen LogP contribution in [0.3, 0.4) is 0 Å². The summed E-state index contributed by atoms with van der Waals surface area (Å²) in [6.07, 6.45) is 1.03. The fourth-order valence-electron chi connectivity index (χ4n) is 1.16. The maximum absolute atomic E-state index is 5.72. The Balaban J connectivity index is 3.22. The number of hydrogen-bond donors (Lipinski definition) is 1. The first-order valence-corrected chi connectivity index (χ1v) is 5.99. The molecular weight excluding hydrogens is 214 g/mol. The quantitative estimate of drug-likeness (QED) is 0.465. The molecule has 92 valence electrons. The van der Waals surface area contributed by atoms with Crippen molar-refractivity contribution >= 4 is 11.6 Å². The third-order valence-electron chi connectivity index (χ3n) is 2.23. The van der Waals surface area contributed by atoms with Crippen LogP contribution in [0.25, 0.3) is 0 Å². The van der Waals surface area contributed by atoms with Gasteiger partial charge >= 0.3 is 0 Å². The van der Waals surface area contributed by atoms with Gasteiger partial charge in [0.25, 0.3) is 0 Å². The molecular formula is C11H24ClNO2. The lowest BCUT2D eigenvalue weighted by Crippen LogP contribution is -2.32. The highest BCUT2D eigenvalue weighted by Gasteiger charge is 2.15. The molecule has 15 heavy (non-hydrogen) atoms. The predicted octanol–water partition coefficient (Wildman–Crippen LogP) is 1.89. The second-order valence-corrected chi connectivity index (χ2v) is 4.76. The van der Waals surface area contributed by atoms with E-state index in [1.54, 1.807) is 7.11 Å². The molecule has 0 heterocycles. The number of methoxy groups -OCH3 is 1. The minimum Gasteiger partial charge on any atom is -0.382 e. The molecule has 0 atom stereocenters. The summed E-state index contributed by atoms with van der Waals surface area (Å²) in [5.41, 5.74) is 0.272. The Kier molecular flexibility index (Phi) is 9.51. The zero-order valence-electron chi connectivity index (χ0n) is 10.1. The molecule has 0 aromatic carbocycles. The molecule has 0 bridgehead atoms. The van der Waals surface area contributed by atoms with E-state index in [0.29, 0.717) is 13.2 Å². The van der Waals surface area contributed by atoms with Gasteiger partial charge in [-0.05, 0) is 11.8 Å². The maximum atomic E-state index is 5.72. The molecule has 0 saturated carbocycles. The van der Waals surface area contributed by atoms with E-state index in [0.717, 1.165) is 32.0 Å². The number of ether oxygens (including phenoxy) is 2. The van der Waals surface area contributed by atoms with Gasteiger partial charge < -0.3 is 14.8 Å². The van der Waals surface area contributed by atoms with Gasteiger partial charge in [0.2, 0.25) is 0 Å². The van der Waals surface area contributed by atoms with Gasteiger partial charge in [0.05, 0.1) is 19.8 Å². The standard InChI is InChI=1S/C11H24ClNO2/c1-11(2,4-5-12)10-13-6-7-15-9-8-14-3/h13H,4-10H2,1-3H3. The van der Waals surface area contributed by atoms with Crippen molar-refractivity contribution in [3.63, 3.8) is 0 Å². The van der Waals surface area contributed by atoms with E-state index < -0.39 is 0 Å². The third-order valence-corrected chi connectivity index (χ3v) is 2.42. The van der Waals surface area contributed by atoms with E-state index in [-0.39, 0.29) is 5.41 Å². The van der Waals surface area contributed by atoms with Crippen LogP contribution in [0.5, 0.6) is 0 Å². The van der Waals surface area contributed by atoms with Gasteiger partial charge in [-0.25, -0.2) is 0 Å². The van der Waals surface area contributed by atoms with Gasteiger partial charge in [-0.2, -0.15) is 0 Å². The molecule has 0 aliphatic heterocycles. The van der Waals surface area contributed by atoms with Gasteiger partial charge in [-0.3, -0.25) is 0 Å². The summed E-state index contributed by atoms with van der Waals surface area (Å²) in [4.78, 5) is 0. The third kappa shape index (κ3) is 10.5. The fourth-order valence-corrected chi connectivity index (χ4v) is 1.67. The average molecular weight is 238 g/mol. The monoisotopic (exact) mass is 237 g/mol. The highest BCUT2D eigenvalue weighted by atomic mass is 35.5. The first-order chi connectivity index (χ1) is 7.12.